The van der Waals surface area contributed by atoms with E-state index in [0.29, 0.717) is 32.5 Å². The number of aromatic nitrogens is 3. The summed E-state index contributed by atoms with van der Waals surface area (Å²) in [6.45, 7) is 0. The Kier molecular flexibility index (Phi) is 5.96. The Hall–Kier alpha value is -3.69. The van der Waals surface area contributed by atoms with E-state index in [1.807, 2.05) is 18.2 Å². The van der Waals surface area contributed by atoms with E-state index in [9.17, 15) is 4.79 Å². The third kappa shape index (κ3) is 4.42. The molecule has 0 saturated heterocycles. The number of hydrogen-bond donors (Lipinski definition) is 1. The van der Waals surface area contributed by atoms with Crippen LogP contribution in [-0.2, 0) is 0 Å². The molecule has 2 aromatic carbocycles. The van der Waals surface area contributed by atoms with Crippen molar-refractivity contribution in [1.29, 1.82) is 0 Å². The molecular formula is C21H15ClN4O4S. The third-order valence-corrected chi connectivity index (χ3v) is 4.79. The van der Waals surface area contributed by atoms with E-state index < -0.39 is 5.97 Å². The number of furan rings is 1. The standard InChI is InChI=1S/C21H15ClN4O4S/c1-28-18-11-13(8-9-16(18)30-20(27)17-7-4-10-29-17)12-23-26-19(24-25-21(26)31)14-5-2-3-6-15(14)22/h2-12H,1H3,(H,25,31). The highest BCUT2D eigenvalue weighted by Crippen LogP contribution is 2.29. The molecule has 2 aromatic heterocycles. The topological polar surface area (TPSA) is 94.6 Å². The van der Waals surface area contributed by atoms with Crippen LogP contribution in [0.4, 0.5) is 0 Å². The van der Waals surface area contributed by atoms with E-state index in [4.69, 9.17) is 37.7 Å². The fourth-order valence-corrected chi connectivity index (χ4v) is 3.13. The predicted molar refractivity (Wildman–Crippen MR) is 118 cm³/mol. The summed E-state index contributed by atoms with van der Waals surface area (Å²) in [5.41, 5.74) is 1.37. The van der Waals surface area contributed by atoms with Crippen molar-refractivity contribution >= 4 is 36.0 Å². The van der Waals surface area contributed by atoms with Gasteiger partial charge >= 0.3 is 5.97 Å². The molecule has 0 spiro atoms. The number of ether oxygens (including phenoxy) is 2. The number of nitrogens with zero attached hydrogens (tertiary/aromatic N) is 3. The fourth-order valence-electron chi connectivity index (χ4n) is 2.73. The van der Waals surface area contributed by atoms with Crippen molar-refractivity contribution in [1.82, 2.24) is 14.9 Å². The monoisotopic (exact) mass is 454 g/mol. The number of H-pyrrole nitrogens is 1. The largest absolute Gasteiger partial charge is 0.493 e. The summed E-state index contributed by atoms with van der Waals surface area (Å²) in [6, 6.07) is 15.4. The number of carbonyl (C=O) groups excluding carboxylic acids is 1. The number of esters is 1. The number of carbonyl (C=O) groups is 1. The number of benzene rings is 2. The first-order valence-corrected chi connectivity index (χ1v) is 9.76. The zero-order valence-corrected chi connectivity index (χ0v) is 17.7. The van der Waals surface area contributed by atoms with Crippen molar-refractivity contribution in [2.24, 2.45) is 5.10 Å². The van der Waals surface area contributed by atoms with Crippen molar-refractivity contribution in [3.8, 4) is 22.9 Å². The first-order valence-electron chi connectivity index (χ1n) is 8.97. The minimum absolute atomic E-state index is 0.0918. The van der Waals surface area contributed by atoms with Gasteiger partial charge in [0, 0.05) is 5.56 Å². The molecule has 0 amide bonds. The SMILES string of the molecule is COc1cc(C=Nn2c(-c3ccccc3Cl)n[nH]c2=S)ccc1OC(=O)c1ccco1. The van der Waals surface area contributed by atoms with Crippen LogP contribution >= 0.6 is 23.8 Å². The van der Waals surface area contributed by atoms with E-state index in [1.165, 1.54) is 24.1 Å². The second-order valence-electron chi connectivity index (χ2n) is 6.17. The summed E-state index contributed by atoms with van der Waals surface area (Å²) < 4.78 is 17.5. The number of aromatic amines is 1. The molecular weight excluding hydrogens is 440 g/mol. The Balaban J connectivity index is 1.61. The van der Waals surface area contributed by atoms with Gasteiger partial charge in [0.2, 0.25) is 10.5 Å². The Labute approximate surface area is 186 Å². The maximum absolute atomic E-state index is 12.1. The average Bonchev–Trinajstić information content (AvgIpc) is 3.44. The maximum Gasteiger partial charge on any atom is 0.379 e. The Morgan fingerprint density at radius 3 is 2.81 bits per heavy atom. The van der Waals surface area contributed by atoms with Gasteiger partial charge in [-0.2, -0.15) is 14.9 Å². The molecule has 2 heterocycles. The summed E-state index contributed by atoms with van der Waals surface area (Å²) in [5.74, 6) is 0.541. The van der Waals surface area contributed by atoms with Gasteiger partial charge in [0.25, 0.3) is 0 Å². The summed E-state index contributed by atoms with van der Waals surface area (Å²) in [6.07, 6.45) is 2.97. The fraction of sp³-hybridized carbons (Fsp3) is 0.0476. The zero-order chi connectivity index (χ0) is 21.8. The summed E-state index contributed by atoms with van der Waals surface area (Å²) in [4.78, 5) is 12.1. The summed E-state index contributed by atoms with van der Waals surface area (Å²) >= 11 is 11.6. The smallest absolute Gasteiger partial charge is 0.379 e. The van der Waals surface area contributed by atoms with Crippen LogP contribution in [-0.4, -0.2) is 34.2 Å². The lowest BCUT2D eigenvalue weighted by molar-refractivity contribution is 0.0696. The molecule has 1 N–H and O–H groups in total. The van der Waals surface area contributed by atoms with Crippen molar-refractivity contribution in [2.75, 3.05) is 7.11 Å². The summed E-state index contributed by atoms with van der Waals surface area (Å²) in [5, 5.41) is 11.9. The molecule has 31 heavy (non-hydrogen) atoms. The predicted octanol–water partition coefficient (Wildman–Crippen LogP) is 4.96. The first-order chi connectivity index (χ1) is 15.1. The van der Waals surface area contributed by atoms with E-state index >= 15 is 0 Å². The highest BCUT2D eigenvalue weighted by Gasteiger charge is 2.15. The molecule has 0 aliphatic carbocycles. The van der Waals surface area contributed by atoms with Crippen molar-refractivity contribution in [2.45, 2.75) is 0 Å². The normalized spacial score (nSPS) is 11.0. The molecule has 0 fully saturated rings. The van der Waals surface area contributed by atoms with Gasteiger partial charge in [-0.15, -0.1) is 0 Å². The minimum Gasteiger partial charge on any atom is -0.493 e. The van der Waals surface area contributed by atoms with Crippen molar-refractivity contribution < 1.29 is 18.7 Å². The maximum atomic E-state index is 12.1. The highest BCUT2D eigenvalue weighted by molar-refractivity contribution is 7.71. The molecule has 156 valence electrons. The number of nitrogens with one attached hydrogen (secondary N) is 1. The Morgan fingerprint density at radius 2 is 2.06 bits per heavy atom. The van der Waals surface area contributed by atoms with E-state index in [1.54, 1.807) is 36.5 Å². The lowest BCUT2D eigenvalue weighted by Gasteiger charge is -2.09. The molecule has 0 radical (unpaired) electrons. The quantitative estimate of drug-likeness (QED) is 0.191. The number of rotatable bonds is 6. The molecule has 8 nitrogen and oxygen atoms in total. The van der Waals surface area contributed by atoms with Gasteiger partial charge in [-0.3, -0.25) is 0 Å². The zero-order valence-electron chi connectivity index (χ0n) is 16.1. The van der Waals surface area contributed by atoms with Crippen LogP contribution in [0.15, 0.2) is 70.4 Å². The van der Waals surface area contributed by atoms with Gasteiger partial charge in [-0.25, -0.2) is 9.89 Å². The van der Waals surface area contributed by atoms with Crippen LogP contribution in [0.25, 0.3) is 11.4 Å². The molecule has 0 unspecified atom stereocenters. The van der Waals surface area contributed by atoms with Crippen LogP contribution in [0.1, 0.15) is 16.1 Å². The van der Waals surface area contributed by atoms with Gasteiger partial charge in [0.1, 0.15) is 0 Å². The Morgan fingerprint density at radius 1 is 1.23 bits per heavy atom. The molecule has 4 rings (SSSR count). The van der Waals surface area contributed by atoms with Gasteiger partial charge in [0.05, 0.1) is 24.6 Å². The lowest BCUT2D eigenvalue weighted by Crippen LogP contribution is -2.08. The van der Waals surface area contributed by atoms with Gasteiger partial charge in [-0.1, -0.05) is 23.7 Å². The molecule has 4 aromatic rings. The van der Waals surface area contributed by atoms with Crippen molar-refractivity contribution in [3.63, 3.8) is 0 Å². The van der Waals surface area contributed by atoms with E-state index in [2.05, 4.69) is 15.3 Å². The molecule has 0 atom stereocenters. The number of hydrogen-bond acceptors (Lipinski definition) is 7. The van der Waals surface area contributed by atoms with Gasteiger partial charge in [-0.05, 0) is 60.2 Å². The van der Waals surface area contributed by atoms with Crippen molar-refractivity contribution in [3.05, 3.63) is 82.0 Å². The Bertz CT molecular complexity index is 1310. The summed E-state index contributed by atoms with van der Waals surface area (Å²) in [7, 11) is 1.47. The number of methoxy groups -OCH3 is 1. The van der Waals surface area contributed by atoms with E-state index in [-0.39, 0.29) is 11.5 Å². The van der Waals surface area contributed by atoms with Crippen LogP contribution in [0, 0.1) is 4.77 Å². The molecule has 0 aliphatic rings. The minimum atomic E-state index is -0.626. The second kappa shape index (κ2) is 8.99. The number of halogens is 1. The highest BCUT2D eigenvalue weighted by atomic mass is 35.5. The van der Waals surface area contributed by atoms with E-state index in [0.717, 1.165) is 0 Å². The van der Waals surface area contributed by atoms with Gasteiger partial charge in [0.15, 0.2) is 17.3 Å². The molecule has 10 heteroatoms. The third-order valence-electron chi connectivity index (χ3n) is 4.20. The van der Waals surface area contributed by atoms with Crippen LogP contribution < -0.4 is 9.47 Å². The average molecular weight is 455 g/mol. The molecule has 0 bridgehead atoms. The molecule has 0 aliphatic heterocycles. The first kappa shape index (κ1) is 20.6. The van der Waals surface area contributed by atoms with Crippen LogP contribution in [0.3, 0.4) is 0 Å². The molecule has 0 saturated carbocycles. The lowest BCUT2D eigenvalue weighted by atomic mass is 10.2. The second-order valence-corrected chi connectivity index (χ2v) is 6.96. The van der Waals surface area contributed by atoms with Crippen LogP contribution in [0.5, 0.6) is 11.5 Å². The van der Waals surface area contributed by atoms with Gasteiger partial charge < -0.3 is 13.9 Å². The van der Waals surface area contributed by atoms with Crippen LogP contribution in [0.2, 0.25) is 5.02 Å².